The number of hydrogen-bond donors (Lipinski definition) is 1. The molecule has 2 rings (SSSR count). The first-order chi connectivity index (χ1) is 10.3. The van der Waals surface area contributed by atoms with Crippen LogP contribution in [0.4, 0.5) is 13.2 Å². The van der Waals surface area contributed by atoms with Gasteiger partial charge in [0.15, 0.2) is 0 Å². The Hall–Kier alpha value is -1.82. The molecule has 120 valence electrons. The monoisotopic (exact) mass is 311 g/mol. The van der Waals surface area contributed by atoms with Gasteiger partial charge in [-0.25, -0.2) is 0 Å². The highest BCUT2D eigenvalue weighted by Crippen LogP contribution is 2.24. The lowest BCUT2D eigenvalue weighted by atomic mass is 10.0. The molecule has 0 bridgehead atoms. The molecule has 0 spiro atoms. The van der Waals surface area contributed by atoms with Crippen LogP contribution in [0, 0.1) is 6.92 Å². The van der Waals surface area contributed by atoms with Crippen LogP contribution in [-0.4, -0.2) is 16.0 Å². The van der Waals surface area contributed by atoms with Crippen molar-refractivity contribution in [2.24, 2.45) is 0 Å². The van der Waals surface area contributed by atoms with Gasteiger partial charge in [0.05, 0.1) is 6.20 Å². The van der Waals surface area contributed by atoms with Gasteiger partial charge in [-0.2, -0.15) is 18.3 Å². The van der Waals surface area contributed by atoms with Crippen molar-refractivity contribution in [1.29, 1.82) is 0 Å². The zero-order valence-electron chi connectivity index (χ0n) is 12.9. The number of aromatic nitrogens is 2. The first-order valence-corrected chi connectivity index (χ1v) is 7.18. The highest BCUT2D eigenvalue weighted by atomic mass is 19.4. The van der Waals surface area contributed by atoms with Crippen molar-refractivity contribution < 1.29 is 13.2 Å². The third-order valence-corrected chi connectivity index (χ3v) is 3.74. The summed E-state index contributed by atoms with van der Waals surface area (Å²) < 4.78 is 38.5. The molecule has 0 amide bonds. The van der Waals surface area contributed by atoms with E-state index in [1.165, 1.54) is 6.20 Å². The van der Waals surface area contributed by atoms with Gasteiger partial charge >= 0.3 is 6.18 Å². The van der Waals surface area contributed by atoms with E-state index in [0.717, 1.165) is 15.8 Å². The number of nitrogens with one attached hydrogen (secondary N) is 1. The molecule has 1 aromatic heterocycles. The summed E-state index contributed by atoms with van der Waals surface area (Å²) in [6, 6.07) is 9.92. The molecule has 1 unspecified atom stereocenters. The van der Waals surface area contributed by atoms with Gasteiger partial charge in [0.2, 0.25) is 0 Å². The minimum absolute atomic E-state index is 0.0859. The lowest BCUT2D eigenvalue weighted by Crippen LogP contribution is -2.23. The Morgan fingerprint density at radius 2 is 1.77 bits per heavy atom. The summed E-state index contributed by atoms with van der Waals surface area (Å²) in [6.07, 6.45) is -2.75. The average Bonchev–Trinajstić information content (AvgIpc) is 2.79. The summed E-state index contributed by atoms with van der Waals surface area (Å²) >= 11 is 0. The molecule has 0 aliphatic rings. The Balaban J connectivity index is 2.08. The van der Waals surface area contributed by atoms with E-state index in [4.69, 9.17) is 0 Å². The number of rotatable bonds is 5. The quantitative estimate of drug-likeness (QED) is 0.898. The van der Waals surface area contributed by atoms with Crippen LogP contribution in [0.1, 0.15) is 42.8 Å². The second-order valence-corrected chi connectivity index (χ2v) is 5.48. The molecule has 1 heterocycles. The van der Waals surface area contributed by atoms with Gasteiger partial charge in [-0.3, -0.25) is 4.68 Å². The smallest absolute Gasteiger partial charge is 0.304 e. The van der Waals surface area contributed by atoms with Gasteiger partial charge in [0.25, 0.3) is 0 Å². The predicted octanol–water partition coefficient (Wildman–Crippen LogP) is 4.17. The summed E-state index contributed by atoms with van der Waals surface area (Å²) in [5.41, 5.74) is 2.46. The molecule has 0 radical (unpaired) electrons. The van der Waals surface area contributed by atoms with Crippen LogP contribution in [-0.2, 0) is 6.54 Å². The molecule has 3 nitrogen and oxygen atoms in total. The number of benzene rings is 1. The molecule has 2 aromatic rings. The molecule has 0 saturated carbocycles. The molecular formula is C16H20F3N3. The Kier molecular flexibility index (Phi) is 4.90. The van der Waals surface area contributed by atoms with Crippen LogP contribution in [0.5, 0.6) is 0 Å². The Bertz CT molecular complexity index is 605. The van der Waals surface area contributed by atoms with Crippen LogP contribution >= 0.6 is 0 Å². The van der Waals surface area contributed by atoms with Crippen LogP contribution in [0.25, 0.3) is 0 Å². The maximum Gasteiger partial charge on any atom is 0.408 e. The van der Waals surface area contributed by atoms with Crippen molar-refractivity contribution in [3.8, 4) is 0 Å². The second-order valence-electron chi connectivity index (χ2n) is 5.48. The molecule has 0 aliphatic heterocycles. The van der Waals surface area contributed by atoms with Gasteiger partial charge in [0, 0.05) is 23.3 Å². The lowest BCUT2D eigenvalue weighted by molar-refractivity contribution is -0.142. The number of alkyl halides is 3. The molecule has 2 atom stereocenters. The maximum absolute atomic E-state index is 12.5. The van der Waals surface area contributed by atoms with E-state index < -0.39 is 12.7 Å². The van der Waals surface area contributed by atoms with E-state index in [0.29, 0.717) is 5.69 Å². The summed E-state index contributed by atoms with van der Waals surface area (Å²) in [6.45, 7) is 4.57. The van der Waals surface area contributed by atoms with Crippen molar-refractivity contribution in [2.45, 2.75) is 45.6 Å². The fourth-order valence-electron chi connectivity index (χ4n) is 2.52. The van der Waals surface area contributed by atoms with Crippen molar-refractivity contribution in [3.63, 3.8) is 0 Å². The highest BCUT2D eigenvalue weighted by molar-refractivity contribution is 5.22. The first kappa shape index (κ1) is 16.5. The molecule has 1 aromatic carbocycles. The van der Waals surface area contributed by atoms with Crippen LogP contribution in [0.15, 0.2) is 36.5 Å². The van der Waals surface area contributed by atoms with Gasteiger partial charge in [-0.1, -0.05) is 30.3 Å². The van der Waals surface area contributed by atoms with E-state index >= 15 is 0 Å². The number of halogens is 3. The Labute approximate surface area is 128 Å². The van der Waals surface area contributed by atoms with E-state index in [9.17, 15) is 13.2 Å². The maximum atomic E-state index is 12.5. The summed E-state index contributed by atoms with van der Waals surface area (Å²) in [7, 11) is 0. The van der Waals surface area contributed by atoms with Gasteiger partial charge in [0.1, 0.15) is 6.54 Å². The normalized spacial score (nSPS) is 14.8. The van der Waals surface area contributed by atoms with Crippen molar-refractivity contribution in [3.05, 3.63) is 53.3 Å². The third-order valence-electron chi connectivity index (χ3n) is 3.74. The molecule has 0 fully saturated rings. The standard InChI is InChI=1S/C16H20F3N3/c1-11(14-7-5-4-6-8-14)21-12(2)15-9-20-22(13(15)3)10-16(17,18)19/h4-9,11-12,21H,10H2,1-3H3/t11?,12-/m1/s1. The zero-order valence-corrected chi connectivity index (χ0v) is 12.9. The van der Waals surface area contributed by atoms with Gasteiger partial charge < -0.3 is 5.32 Å². The summed E-state index contributed by atoms with van der Waals surface area (Å²) in [5, 5.41) is 7.25. The minimum Gasteiger partial charge on any atom is -0.304 e. The van der Waals surface area contributed by atoms with Crippen LogP contribution in [0.2, 0.25) is 0 Å². The molecule has 0 aliphatic carbocycles. The largest absolute Gasteiger partial charge is 0.408 e. The van der Waals surface area contributed by atoms with Crippen LogP contribution in [0.3, 0.4) is 0 Å². The minimum atomic E-state index is -4.26. The van der Waals surface area contributed by atoms with Crippen LogP contribution < -0.4 is 5.32 Å². The first-order valence-electron chi connectivity index (χ1n) is 7.18. The lowest BCUT2D eigenvalue weighted by Gasteiger charge is -2.20. The fourth-order valence-corrected chi connectivity index (χ4v) is 2.52. The second kappa shape index (κ2) is 6.52. The van der Waals surface area contributed by atoms with Gasteiger partial charge in [-0.15, -0.1) is 0 Å². The molecule has 0 saturated heterocycles. The third kappa shape index (κ3) is 4.10. The Morgan fingerprint density at radius 1 is 1.14 bits per heavy atom. The number of nitrogens with zero attached hydrogens (tertiary/aromatic N) is 2. The van der Waals surface area contributed by atoms with Crippen molar-refractivity contribution >= 4 is 0 Å². The predicted molar refractivity (Wildman–Crippen MR) is 79.4 cm³/mol. The average molecular weight is 311 g/mol. The molecule has 22 heavy (non-hydrogen) atoms. The van der Waals surface area contributed by atoms with Crippen molar-refractivity contribution in [1.82, 2.24) is 15.1 Å². The topological polar surface area (TPSA) is 29.9 Å². The Morgan fingerprint density at radius 3 is 2.36 bits per heavy atom. The number of hydrogen-bond acceptors (Lipinski definition) is 2. The van der Waals surface area contributed by atoms with Crippen molar-refractivity contribution in [2.75, 3.05) is 0 Å². The molecule has 6 heteroatoms. The van der Waals surface area contributed by atoms with E-state index in [1.54, 1.807) is 6.92 Å². The molecule has 1 N–H and O–H groups in total. The molecular weight excluding hydrogens is 291 g/mol. The fraction of sp³-hybridized carbons (Fsp3) is 0.438. The van der Waals surface area contributed by atoms with E-state index in [2.05, 4.69) is 10.4 Å². The van der Waals surface area contributed by atoms with Gasteiger partial charge in [-0.05, 0) is 26.3 Å². The highest BCUT2D eigenvalue weighted by Gasteiger charge is 2.30. The van der Waals surface area contributed by atoms with E-state index in [-0.39, 0.29) is 12.1 Å². The summed E-state index contributed by atoms with van der Waals surface area (Å²) in [5.74, 6) is 0. The zero-order chi connectivity index (χ0) is 16.3. The van der Waals surface area contributed by atoms with E-state index in [1.807, 2.05) is 44.2 Å². The summed E-state index contributed by atoms with van der Waals surface area (Å²) in [4.78, 5) is 0. The SMILES string of the molecule is Cc1c([C@@H](C)NC(C)c2ccccc2)cnn1CC(F)(F)F.